The Labute approximate surface area is 78.6 Å². The Morgan fingerprint density at radius 2 is 2.62 bits per heavy atom. The fraction of sp³-hybridized carbons (Fsp3) is 0.364. The highest BCUT2D eigenvalue weighted by Gasteiger charge is 2.15. The van der Waals surface area contributed by atoms with Crippen LogP contribution in [0, 0.1) is 5.92 Å². The summed E-state index contributed by atoms with van der Waals surface area (Å²) < 4.78 is 5.02. The summed E-state index contributed by atoms with van der Waals surface area (Å²) in [4.78, 5) is 11.4. The first-order valence-corrected chi connectivity index (χ1v) is 4.34. The van der Waals surface area contributed by atoms with E-state index in [1.54, 1.807) is 13.2 Å². The standard InChI is InChI=1S/C11H14O2/c1-3-4-11(12)9-5-7-10(13-2)8-6-9/h3,5,7-9H,1,4,6H2,2H3. The molecule has 0 radical (unpaired) electrons. The minimum Gasteiger partial charge on any atom is -0.497 e. The van der Waals surface area contributed by atoms with Crippen molar-refractivity contribution in [2.45, 2.75) is 12.8 Å². The average Bonchev–Trinajstić information content (AvgIpc) is 2.18. The normalized spacial score (nSPS) is 20.7. The molecule has 1 aliphatic rings. The first kappa shape index (κ1) is 9.78. The molecule has 0 aliphatic heterocycles. The van der Waals surface area contributed by atoms with E-state index in [4.69, 9.17) is 4.74 Å². The van der Waals surface area contributed by atoms with E-state index in [0.717, 1.165) is 12.2 Å². The van der Waals surface area contributed by atoms with Crippen LogP contribution in [0.2, 0.25) is 0 Å². The van der Waals surface area contributed by atoms with Gasteiger partial charge in [0, 0.05) is 12.3 Å². The third kappa shape index (κ3) is 2.58. The summed E-state index contributed by atoms with van der Waals surface area (Å²) in [6, 6.07) is 0. The lowest BCUT2D eigenvalue weighted by Gasteiger charge is -2.13. The number of hydrogen-bond donors (Lipinski definition) is 0. The van der Waals surface area contributed by atoms with E-state index >= 15 is 0 Å². The zero-order valence-corrected chi connectivity index (χ0v) is 7.82. The second-order valence-corrected chi connectivity index (χ2v) is 2.97. The van der Waals surface area contributed by atoms with Crippen molar-refractivity contribution in [3.8, 4) is 0 Å². The van der Waals surface area contributed by atoms with E-state index in [-0.39, 0.29) is 11.7 Å². The van der Waals surface area contributed by atoms with Crippen molar-refractivity contribution in [2.24, 2.45) is 5.92 Å². The van der Waals surface area contributed by atoms with E-state index in [2.05, 4.69) is 6.58 Å². The van der Waals surface area contributed by atoms with Gasteiger partial charge in [0.05, 0.1) is 7.11 Å². The minimum absolute atomic E-state index is 0.0110. The van der Waals surface area contributed by atoms with Gasteiger partial charge >= 0.3 is 0 Å². The summed E-state index contributed by atoms with van der Waals surface area (Å²) >= 11 is 0. The van der Waals surface area contributed by atoms with E-state index < -0.39 is 0 Å². The molecule has 2 heteroatoms. The third-order valence-corrected chi connectivity index (χ3v) is 2.06. The van der Waals surface area contributed by atoms with Crippen molar-refractivity contribution in [1.29, 1.82) is 0 Å². The zero-order chi connectivity index (χ0) is 9.68. The Kier molecular flexibility index (Phi) is 3.50. The average molecular weight is 178 g/mol. The van der Waals surface area contributed by atoms with Crippen LogP contribution in [-0.4, -0.2) is 12.9 Å². The van der Waals surface area contributed by atoms with Gasteiger partial charge in [-0.25, -0.2) is 0 Å². The quantitative estimate of drug-likeness (QED) is 0.617. The number of ketones is 1. The molecule has 13 heavy (non-hydrogen) atoms. The summed E-state index contributed by atoms with van der Waals surface area (Å²) in [6.45, 7) is 3.54. The Morgan fingerprint density at radius 1 is 1.85 bits per heavy atom. The molecule has 0 fully saturated rings. The molecule has 0 N–H and O–H groups in total. The second kappa shape index (κ2) is 4.65. The fourth-order valence-electron chi connectivity index (χ4n) is 1.28. The van der Waals surface area contributed by atoms with Gasteiger partial charge in [0.1, 0.15) is 11.5 Å². The maximum Gasteiger partial charge on any atom is 0.143 e. The topological polar surface area (TPSA) is 26.3 Å². The van der Waals surface area contributed by atoms with Crippen molar-refractivity contribution in [2.75, 3.05) is 7.11 Å². The SMILES string of the molecule is C=CCC(=O)C1C=CC(OC)=CC1. The molecule has 1 atom stereocenters. The van der Waals surface area contributed by atoms with Gasteiger partial charge in [0.2, 0.25) is 0 Å². The van der Waals surface area contributed by atoms with Crippen LogP contribution in [0.3, 0.4) is 0 Å². The maximum atomic E-state index is 11.4. The zero-order valence-electron chi connectivity index (χ0n) is 7.82. The highest BCUT2D eigenvalue weighted by Crippen LogP contribution is 2.18. The second-order valence-electron chi connectivity index (χ2n) is 2.97. The van der Waals surface area contributed by atoms with Crippen molar-refractivity contribution >= 4 is 5.78 Å². The lowest BCUT2D eigenvalue weighted by molar-refractivity contribution is -0.120. The van der Waals surface area contributed by atoms with E-state index in [0.29, 0.717) is 6.42 Å². The van der Waals surface area contributed by atoms with Crippen LogP contribution in [0.25, 0.3) is 0 Å². The van der Waals surface area contributed by atoms with Crippen LogP contribution >= 0.6 is 0 Å². The summed E-state index contributed by atoms with van der Waals surface area (Å²) in [6.07, 6.45) is 8.51. The Bertz CT molecular complexity index is 261. The molecule has 1 aliphatic carbocycles. The molecule has 70 valence electrons. The van der Waals surface area contributed by atoms with Crippen molar-refractivity contribution in [1.82, 2.24) is 0 Å². The van der Waals surface area contributed by atoms with Gasteiger partial charge in [-0.1, -0.05) is 12.2 Å². The van der Waals surface area contributed by atoms with Gasteiger partial charge < -0.3 is 4.74 Å². The van der Waals surface area contributed by atoms with Gasteiger partial charge in [0.25, 0.3) is 0 Å². The monoisotopic (exact) mass is 178 g/mol. The Morgan fingerprint density at radius 3 is 3.08 bits per heavy atom. The van der Waals surface area contributed by atoms with Gasteiger partial charge in [-0.3, -0.25) is 4.79 Å². The van der Waals surface area contributed by atoms with Crippen LogP contribution in [0.15, 0.2) is 36.6 Å². The molecule has 0 aromatic rings. The molecular formula is C11H14O2. The maximum absolute atomic E-state index is 11.4. The van der Waals surface area contributed by atoms with Crippen molar-refractivity contribution in [3.63, 3.8) is 0 Å². The molecule has 0 spiro atoms. The number of hydrogen-bond acceptors (Lipinski definition) is 2. The number of carbonyl (C=O) groups excluding carboxylic acids is 1. The number of Topliss-reactive ketones (excluding diaryl/α,β-unsaturated/α-hetero) is 1. The predicted molar refractivity (Wildman–Crippen MR) is 52.2 cm³/mol. The molecule has 0 heterocycles. The van der Waals surface area contributed by atoms with Gasteiger partial charge in [0.15, 0.2) is 0 Å². The van der Waals surface area contributed by atoms with E-state index in [9.17, 15) is 4.79 Å². The number of allylic oxidation sites excluding steroid dienone is 4. The third-order valence-electron chi connectivity index (χ3n) is 2.06. The Balaban J connectivity index is 2.51. The predicted octanol–water partition coefficient (Wildman–Crippen LogP) is 2.24. The highest BCUT2D eigenvalue weighted by molar-refractivity contribution is 5.84. The van der Waals surface area contributed by atoms with Crippen LogP contribution in [0.1, 0.15) is 12.8 Å². The van der Waals surface area contributed by atoms with Gasteiger partial charge in [-0.2, -0.15) is 0 Å². The van der Waals surface area contributed by atoms with Crippen LogP contribution in [-0.2, 0) is 9.53 Å². The fourth-order valence-corrected chi connectivity index (χ4v) is 1.28. The molecule has 1 rings (SSSR count). The molecule has 0 saturated carbocycles. The lowest BCUT2D eigenvalue weighted by atomic mass is 9.94. The van der Waals surface area contributed by atoms with E-state index in [1.165, 1.54) is 0 Å². The molecular weight excluding hydrogens is 164 g/mol. The summed E-state index contributed by atoms with van der Waals surface area (Å²) in [5.74, 6) is 1.07. The van der Waals surface area contributed by atoms with E-state index in [1.807, 2.05) is 18.2 Å². The van der Waals surface area contributed by atoms with Crippen molar-refractivity contribution < 1.29 is 9.53 Å². The number of carbonyl (C=O) groups is 1. The lowest BCUT2D eigenvalue weighted by Crippen LogP contribution is -2.12. The van der Waals surface area contributed by atoms with Crippen LogP contribution in [0.4, 0.5) is 0 Å². The minimum atomic E-state index is 0.0110. The van der Waals surface area contributed by atoms with Crippen LogP contribution in [0.5, 0.6) is 0 Å². The first-order valence-electron chi connectivity index (χ1n) is 4.34. The van der Waals surface area contributed by atoms with Crippen LogP contribution < -0.4 is 0 Å². The molecule has 0 bridgehead atoms. The first-order chi connectivity index (χ1) is 6.27. The summed E-state index contributed by atoms with van der Waals surface area (Å²) in [5, 5.41) is 0. The number of methoxy groups -OCH3 is 1. The Hall–Kier alpha value is -1.31. The van der Waals surface area contributed by atoms with Gasteiger partial charge in [-0.05, 0) is 18.6 Å². The smallest absolute Gasteiger partial charge is 0.143 e. The summed E-state index contributed by atoms with van der Waals surface area (Å²) in [7, 11) is 1.63. The molecule has 0 aromatic heterocycles. The molecule has 1 unspecified atom stereocenters. The number of ether oxygens (including phenoxy) is 1. The number of rotatable bonds is 4. The molecule has 2 nitrogen and oxygen atoms in total. The molecule has 0 amide bonds. The largest absolute Gasteiger partial charge is 0.497 e. The summed E-state index contributed by atoms with van der Waals surface area (Å²) in [5.41, 5.74) is 0. The van der Waals surface area contributed by atoms with Crippen molar-refractivity contribution in [3.05, 3.63) is 36.6 Å². The molecule has 0 saturated heterocycles. The molecule has 0 aromatic carbocycles. The van der Waals surface area contributed by atoms with Gasteiger partial charge in [-0.15, -0.1) is 6.58 Å². The highest BCUT2D eigenvalue weighted by atomic mass is 16.5.